The van der Waals surface area contributed by atoms with Gasteiger partial charge in [-0.15, -0.1) is 16.4 Å². The highest BCUT2D eigenvalue weighted by atomic mass is 32.1. The van der Waals surface area contributed by atoms with E-state index in [4.69, 9.17) is 5.73 Å². The average Bonchev–Trinajstić information content (AvgIpc) is 3.15. The normalized spacial score (nSPS) is 12.9. The zero-order chi connectivity index (χ0) is 16.8. The molecule has 24 heavy (non-hydrogen) atoms. The highest BCUT2D eigenvalue weighted by molar-refractivity contribution is 7.21. The molecule has 1 aliphatic rings. The standard InChI is InChI=1S/C16H16N6OS/c1-7-8(2)20-22-16-12(7)13(17)14(24-16)15(23)19-10-4-3-9-6-18-21-11(9)5-10/h3-5,18,21H,6,17H2,1-2H3,(H,19,23). The van der Waals surface area contributed by atoms with Crippen LogP contribution >= 0.6 is 11.3 Å². The van der Waals surface area contributed by atoms with Crippen LogP contribution in [0.3, 0.4) is 0 Å². The van der Waals surface area contributed by atoms with Gasteiger partial charge in [0.05, 0.1) is 17.1 Å². The summed E-state index contributed by atoms with van der Waals surface area (Å²) in [6, 6.07) is 5.75. The number of nitrogen functional groups attached to an aromatic ring is 1. The molecule has 0 saturated carbocycles. The molecule has 7 nitrogen and oxygen atoms in total. The van der Waals surface area contributed by atoms with Gasteiger partial charge in [-0.2, -0.15) is 5.10 Å². The number of carbonyl (C=O) groups is 1. The minimum atomic E-state index is -0.238. The van der Waals surface area contributed by atoms with E-state index in [1.807, 2.05) is 32.0 Å². The molecule has 5 N–H and O–H groups in total. The number of aryl methyl sites for hydroxylation is 2. The zero-order valence-electron chi connectivity index (χ0n) is 13.2. The van der Waals surface area contributed by atoms with Crippen molar-refractivity contribution in [3.63, 3.8) is 0 Å². The number of rotatable bonds is 2. The molecule has 1 amide bonds. The Bertz CT molecular complexity index is 980. The number of benzene rings is 1. The first kappa shape index (κ1) is 14.9. The summed E-state index contributed by atoms with van der Waals surface area (Å²) >= 11 is 1.26. The molecule has 0 spiro atoms. The molecule has 122 valence electrons. The van der Waals surface area contributed by atoms with E-state index in [0.29, 0.717) is 21.1 Å². The first-order valence-electron chi connectivity index (χ1n) is 7.49. The molecule has 0 bridgehead atoms. The molecule has 0 saturated heterocycles. The number of nitrogens with one attached hydrogen (secondary N) is 3. The predicted molar refractivity (Wildman–Crippen MR) is 96.2 cm³/mol. The molecule has 4 rings (SSSR count). The van der Waals surface area contributed by atoms with E-state index < -0.39 is 0 Å². The summed E-state index contributed by atoms with van der Waals surface area (Å²) in [5, 5.41) is 12.0. The molecule has 3 heterocycles. The fraction of sp³-hybridized carbons (Fsp3) is 0.188. The summed E-state index contributed by atoms with van der Waals surface area (Å²) in [5.41, 5.74) is 17.4. The number of aromatic nitrogens is 2. The first-order chi connectivity index (χ1) is 11.5. The highest BCUT2D eigenvalue weighted by Gasteiger charge is 2.20. The molecule has 1 aliphatic heterocycles. The van der Waals surface area contributed by atoms with Gasteiger partial charge in [-0.25, -0.2) is 5.43 Å². The summed E-state index contributed by atoms with van der Waals surface area (Å²) in [5.74, 6) is -0.238. The Morgan fingerprint density at radius 3 is 3.00 bits per heavy atom. The van der Waals surface area contributed by atoms with Crippen LogP contribution in [0.15, 0.2) is 18.2 Å². The minimum absolute atomic E-state index is 0.238. The van der Waals surface area contributed by atoms with Crippen LogP contribution in [0, 0.1) is 13.8 Å². The third kappa shape index (κ3) is 2.27. The van der Waals surface area contributed by atoms with Crippen LogP contribution in [0.25, 0.3) is 10.2 Å². The highest BCUT2D eigenvalue weighted by Crippen LogP contribution is 2.35. The van der Waals surface area contributed by atoms with Crippen LogP contribution in [-0.4, -0.2) is 16.1 Å². The second kappa shape index (κ2) is 5.43. The number of hydrazine groups is 1. The van der Waals surface area contributed by atoms with Crippen LogP contribution in [-0.2, 0) is 6.54 Å². The Morgan fingerprint density at radius 2 is 2.17 bits per heavy atom. The number of nitrogens with two attached hydrogens (primary N) is 1. The van der Waals surface area contributed by atoms with Gasteiger partial charge in [0.2, 0.25) is 0 Å². The second-order valence-corrected chi connectivity index (χ2v) is 6.74. The summed E-state index contributed by atoms with van der Waals surface area (Å²) in [6.45, 7) is 4.59. The number of thiophene rings is 1. The van der Waals surface area contributed by atoms with Gasteiger partial charge < -0.3 is 16.5 Å². The molecule has 0 aliphatic carbocycles. The lowest BCUT2D eigenvalue weighted by molar-refractivity contribution is 0.103. The minimum Gasteiger partial charge on any atom is -0.397 e. The first-order valence-corrected chi connectivity index (χ1v) is 8.31. The van der Waals surface area contributed by atoms with Gasteiger partial charge in [0.15, 0.2) is 0 Å². The summed E-state index contributed by atoms with van der Waals surface area (Å²) < 4.78 is 0. The van der Waals surface area contributed by atoms with Gasteiger partial charge in [0.25, 0.3) is 5.91 Å². The van der Waals surface area contributed by atoms with Crippen molar-refractivity contribution in [3.8, 4) is 0 Å². The van der Waals surface area contributed by atoms with Crippen LogP contribution in [0.1, 0.15) is 26.5 Å². The zero-order valence-corrected chi connectivity index (χ0v) is 14.0. The van der Waals surface area contributed by atoms with Gasteiger partial charge in [-0.05, 0) is 37.1 Å². The number of hydrogen-bond acceptors (Lipinski definition) is 7. The molecule has 8 heteroatoms. The fourth-order valence-electron chi connectivity index (χ4n) is 2.76. The third-order valence-corrected chi connectivity index (χ3v) is 5.30. The number of anilines is 3. The number of nitrogens with zero attached hydrogens (tertiary/aromatic N) is 2. The van der Waals surface area contributed by atoms with E-state index in [1.54, 1.807) is 0 Å². The number of carbonyl (C=O) groups excluding carboxylic acids is 1. The summed E-state index contributed by atoms with van der Waals surface area (Å²) in [4.78, 5) is 13.8. The number of fused-ring (bicyclic) bond motifs is 2. The van der Waals surface area contributed by atoms with E-state index in [1.165, 1.54) is 11.3 Å². The maximum Gasteiger partial charge on any atom is 0.267 e. The molecular weight excluding hydrogens is 324 g/mol. The molecule has 1 aromatic carbocycles. The summed E-state index contributed by atoms with van der Waals surface area (Å²) in [7, 11) is 0. The smallest absolute Gasteiger partial charge is 0.267 e. The largest absolute Gasteiger partial charge is 0.397 e. The average molecular weight is 340 g/mol. The van der Waals surface area contributed by atoms with Crippen molar-refractivity contribution in [1.29, 1.82) is 0 Å². The summed E-state index contributed by atoms with van der Waals surface area (Å²) in [6.07, 6.45) is 0. The van der Waals surface area contributed by atoms with Crippen LogP contribution in [0.5, 0.6) is 0 Å². The molecular formula is C16H16N6OS. The lowest BCUT2D eigenvalue weighted by Crippen LogP contribution is -2.12. The third-order valence-electron chi connectivity index (χ3n) is 4.21. The van der Waals surface area contributed by atoms with Gasteiger partial charge in [0.1, 0.15) is 9.71 Å². The Balaban J connectivity index is 1.69. The monoisotopic (exact) mass is 340 g/mol. The van der Waals surface area contributed by atoms with Gasteiger partial charge in [-0.3, -0.25) is 4.79 Å². The van der Waals surface area contributed by atoms with E-state index in [9.17, 15) is 4.79 Å². The Labute approximate surface area is 142 Å². The van der Waals surface area contributed by atoms with E-state index in [-0.39, 0.29) is 5.91 Å². The molecule has 0 fully saturated rings. The number of amides is 1. The fourth-order valence-corrected chi connectivity index (χ4v) is 3.75. The van der Waals surface area contributed by atoms with Crippen LogP contribution in [0.2, 0.25) is 0 Å². The SMILES string of the molecule is Cc1nnc2sc(C(=O)Nc3ccc4c(c3)NNC4)c(N)c2c1C. The van der Waals surface area contributed by atoms with Gasteiger partial charge >= 0.3 is 0 Å². The Hall–Kier alpha value is -2.71. The molecule has 3 aromatic rings. The van der Waals surface area contributed by atoms with Crippen molar-refractivity contribution in [1.82, 2.24) is 15.6 Å². The van der Waals surface area contributed by atoms with Crippen molar-refractivity contribution in [2.45, 2.75) is 20.4 Å². The van der Waals surface area contributed by atoms with Crippen LogP contribution < -0.4 is 21.9 Å². The quantitative estimate of drug-likeness (QED) is 0.571. The lowest BCUT2D eigenvalue weighted by atomic mass is 10.1. The van der Waals surface area contributed by atoms with Crippen molar-refractivity contribution in [2.24, 2.45) is 0 Å². The van der Waals surface area contributed by atoms with Crippen molar-refractivity contribution in [2.75, 3.05) is 16.5 Å². The van der Waals surface area contributed by atoms with Gasteiger partial charge in [0, 0.05) is 17.6 Å². The van der Waals surface area contributed by atoms with Crippen molar-refractivity contribution >= 4 is 44.5 Å². The van der Waals surface area contributed by atoms with E-state index in [0.717, 1.165) is 34.4 Å². The van der Waals surface area contributed by atoms with E-state index in [2.05, 4.69) is 26.4 Å². The maximum absolute atomic E-state index is 12.6. The second-order valence-electron chi connectivity index (χ2n) is 5.74. The lowest BCUT2D eigenvalue weighted by Gasteiger charge is -2.07. The molecule has 2 aromatic heterocycles. The topological polar surface area (TPSA) is 105 Å². The van der Waals surface area contributed by atoms with Crippen molar-refractivity contribution in [3.05, 3.63) is 39.9 Å². The van der Waals surface area contributed by atoms with Gasteiger partial charge in [-0.1, -0.05) is 6.07 Å². The Kier molecular flexibility index (Phi) is 3.36. The maximum atomic E-state index is 12.6. The molecule has 0 atom stereocenters. The number of hydrogen-bond donors (Lipinski definition) is 4. The predicted octanol–water partition coefficient (Wildman–Crippen LogP) is 2.57. The molecule has 0 unspecified atom stereocenters. The Morgan fingerprint density at radius 1 is 1.33 bits per heavy atom. The van der Waals surface area contributed by atoms with Crippen LogP contribution in [0.4, 0.5) is 17.1 Å². The molecule has 0 radical (unpaired) electrons. The van der Waals surface area contributed by atoms with E-state index >= 15 is 0 Å². The van der Waals surface area contributed by atoms with Crippen molar-refractivity contribution < 1.29 is 4.79 Å².